The van der Waals surface area contributed by atoms with E-state index in [1.165, 1.54) is 12.8 Å². The third-order valence-electron chi connectivity index (χ3n) is 2.30. The summed E-state index contributed by atoms with van der Waals surface area (Å²) in [5, 5.41) is 9.23. The molecule has 0 heterocycles. The van der Waals surface area contributed by atoms with Gasteiger partial charge in [-0.1, -0.05) is 13.8 Å². The van der Waals surface area contributed by atoms with Gasteiger partial charge in [0.2, 0.25) is 0 Å². The summed E-state index contributed by atoms with van der Waals surface area (Å²) in [6, 6.07) is 0. The molecule has 1 heteroatoms. The molecule has 0 aliphatic heterocycles. The van der Waals surface area contributed by atoms with E-state index in [-0.39, 0.29) is 6.10 Å². The van der Waals surface area contributed by atoms with E-state index in [9.17, 15) is 5.11 Å². The van der Waals surface area contributed by atoms with Crippen LogP contribution in [0.1, 0.15) is 39.5 Å². The van der Waals surface area contributed by atoms with E-state index in [0.29, 0.717) is 5.41 Å². The normalized spacial score (nSPS) is 25.7. The first-order chi connectivity index (χ1) is 4.16. The second-order valence-corrected chi connectivity index (χ2v) is 3.58. The van der Waals surface area contributed by atoms with Crippen LogP contribution in [0.4, 0.5) is 0 Å². The van der Waals surface area contributed by atoms with Gasteiger partial charge in [-0.05, 0) is 31.1 Å². The van der Waals surface area contributed by atoms with Crippen LogP contribution in [-0.2, 0) is 0 Å². The molecule has 1 N–H and O–H groups in total. The fourth-order valence-corrected chi connectivity index (χ4v) is 1.13. The van der Waals surface area contributed by atoms with E-state index in [0.717, 1.165) is 12.8 Å². The van der Waals surface area contributed by atoms with Crippen LogP contribution >= 0.6 is 0 Å². The monoisotopic (exact) mass is 128 g/mol. The van der Waals surface area contributed by atoms with Gasteiger partial charge in [0.05, 0.1) is 6.10 Å². The molecule has 1 fully saturated rings. The standard InChI is InChI=1S/C8H16O/c1-3-7(9)6-8(2)4-5-8/h7,9H,3-6H2,1-2H3. The Hall–Kier alpha value is -0.0400. The molecule has 1 nitrogen and oxygen atoms in total. The molecule has 0 spiro atoms. The molecule has 9 heavy (non-hydrogen) atoms. The lowest BCUT2D eigenvalue weighted by atomic mass is 10.00. The quantitative estimate of drug-likeness (QED) is 0.616. The van der Waals surface area contributed by atoms with Gasteiger partial charge < -0.3 is 5.11 Å². The molecule has 1 aliphatic carbocycles. The van der Waals surface area contributed by atoms with Gasteiger partial charge in [0.1, 0.15) is 0 Å². The summed E-state index contributed by atoms with van der Waals surface area (Å²) in [4.78, 5) is 0. The van der Waals surface area contributed by atoms with E-state index in [2.05, 4.69) is 6.92 Å². The van der Waals surface area contributed by atoms with Crippen LogP contribution in [0.25, 0.3) is 0 Å². The van der Waals surface area contributed by atoms with Crippen molar-refractivity contribution in [1.82, 2.24) is 0 Å². The molecule has 0 saturated heterocycles. The highest BCUT2D eigenvalue weighted by Gasteiger charge is 2.38. The Morgan fingerprint density at radius 1 is 1.56 bits per heavy atom. The first kappa shape index (κ1) is 7.07. The summed E-state index contributed by atoms with van der Waals surface area (Å²) in [6.07, 6.45) is 4.53. The highest BCUT2D eigenvalue weighted by molar-refractivity contribution is 4.89. The van der Waals surface area contributed by atoms with Gasteiger partial charge in [-0.3, -0.25) is 0 Å². The average Bonchev–Trinajstić information content (AvgIpc) is 2.48. The number of aliphatic hydroxyl groups excluding tert-OH is 1. The Balaban J connectivity index is 2.17. The molecule has 0 radical (unpaired) electrons. The molecule has 0 aromatic heterocycles. The van der Waals surface area contributed by atoms with Gasteiger partial charge in [0.15, 0.2) is 0 Å². The van der Waals surface area contributed by atoms with Crippen molar-refractivity contribution >= 4 is 0 Å². The molecule has 0 aromatic carbocycles. The Morgan fingerprint density at radius 2 is 2.11 bits per heavy atom. The van der Waals surface area contributed by atoms with Gasteiger partial charge >= 0.3 is 0 Å². The summed E-state index contributed by atoms with van der Waals surface area (Å²) < 4.78 is 0. The Kier molecular flexibility index (Phi) is 1.80. The third kappa shape index (κ3) is 1.98. The van der Waals surface area contributed by atoms with Crippen LogP contribution in [0.15, 0.2) is 0 Å². The fourth-order valence-electron chi connectivity index (χ4n) is 1.13. The zero-order valence-electron chi connectivity index (χ0n) is 6.35. The molecular weight excluding hydrogens is 112 g/mol. The van der Waals surface area contributed by atoms with E-state index < -0.39 is 0 Å². The topological polar surface area (TPSA) is 20.2 Å². The van der Waals surface area contributed by atoms with Gasteiger partial charge in [-0.15, -0.1) is 0 Å². The average molecular weight is 128 g/mol. The SMILES string of the molecule is CCC(O)CC1(C)CC1. The predicted molar refractivity (Wildman–Crippen MR) is 38.3 cm³/mol. The predicted octanol–water partition coefficient (Wildman–Crippen LogP) is 1.95. The molecule has 54 valence electrons. The van der Waals surface area contributed by atoms with Crippen molar-refractivity contribution in [1.29, 1.82) is 0 Å². The molecule has 1 saturated carbocycles. The zero-order chi connectivity index (χ0) is 6.91. The third-order valence-corrected chi connectivity index (χ3v) is 2.30. The van der Waals surface area contributed by atoms with Crippen LogP contribution in [-0.4, -0.2) is 11.2 Å². The lowest BCUT2D eigenvalue weighted by Gasteiger charge is -2.11. The van der Waals surface area contributed by atoms with E-state index in [1.54, 1.807) is 0 Å². The molecule has 1 atom stereocenters. The number of rotatable bonds is 3. The highest BCUT2D eigenvalue weighted by Crippen LogP contribution is 2.49. The van der Waals surface area contributed by atoms with Crippen LogP contribution < -0.4 is 0 Å². The van der Waals surface area contributed by atoms with Crippen LogP contribution in [0.3, 0.4) is 0 Å². The van der Waals surface area contributed by atoms with Crippen LogP contribution in [0.2, 0.25) is 0 Å². The Bertz CT molecular complexity index is 94.7. The van der Waals surface area contributed by atoms with E-state index in [4.69, 9.17) is 0 Å². The Labute approximate surface area is 57.1 Å². The Morgan fingerprint density at radius 3 is 2.44 bits per heavy atom. The maximum absolute atomic E-state index is 9.23. The maximum atomic E-state index is 9.23. The molecule has 0 aromatic rings. The van der Waals surface area contributed by atoms with Crippen molar-refractivity contribution < 1.29 is 5.11 Å². The second kappa shape index (κ2) is 2.30. The van der Waals surface area contributed by atoms with Gasteiger partial charge in [0.25, 0.3) is 0 Å². The zero-order valence-corrected chi connectivity index (χ0v) is 6.35. The van der Waals surface area contributed by atoms with Crippen molar-refractivity contribution in [2.24, 2.45) is 5.41 Å². The molecule has 1 unspecified atom stereocenters. The lowest BCUT2D eigenvalue weighted by molar-refractivity contribution is 0.136. The van der Waals surface area contributed by atoms with Crippen molar-refractivity contribution in [3.63, 3.8) is 0 Å². The van der Waals surface area contributed by atoms with Gasteiger partial charge in [-0.25, -0.2) is 0 Å². The number of aliphatic hydroxyl groups is 1. The number of hydrogen-bond donors (Lipinski definition) is 1. The van der Waals surface area contributed by atoms with Crippen molar-refractivity contribution in [3.8, 4) is 0 Å². The lowest BCUT2D eigenvalue weighted by Crippen LogP contribution is -2.10. The van der Waals surface area contributed by atoms with Crippen LogP contribution in [0.5, 0.6) is 0 Å². The van der Waals surface area contributed by atoms with Crippen molar-refractivity contribution in [2.75, 3.05) is 0 Å². The smallest absolute Gasteiger partial charge is 0.0542 e. The fraction of sp³-hybridized carbons (Fsp3) is 1.00. The number of hydrogen-bond acceptors (Lipinski definition) is 1. The summed E-state index contributed by atoms with van der Waals surface area (Å²) in [5.74, 6) is 0. The first-order valence-corrected chi connectivity index (χ1v) is 3.84. The van der Waals surface area contributed by atoms with Gasteiger partial charge in [0, 0.05) is 0 Å². The van der Waals surface area contributed by atoms with Crippen molar-refractivity contribution in [3.05, 3.63) is 0 Å². The summed E-state index contributed by atoms with van der Waals surface area (Å²) in [7, 11) is 0. The van der Waals surface area contributed by atoms with Gasteiger partial charge in [-0.2, -0.15) is 0 Å². The van der Waals surface area contributed by atoms with E-state index in [1.807, 2.05) is 6.92 Å². The molecule has 1 rings (SSSR count). The highest BCUT2D eigenvalue weighted by atomic mass is 16.3. The molecule has 1 aliphatic rings. The summed E-state index contributed by atoms with van der Waals surface area (Å²) in [5.41, 5.74) is 0.523. The minimum atomic E-state index is -0.0440. The van der Waals surface area contributed by atoms with E-state index >= 15 is 0 Å². The molecule has 0 bridgehead atoms. The summed E-state index contributed by atoms with van der Waals surface area (Å²) in [6.45, 7) is 4.29. The second-order valence-electron chi connectivity index (χ2n) is 3.58. The van der Waals surface area contributed by atoms with Crippen LogP contribution in [0, 0.1) is 5.41 Å². The summed E-state index contributed by atoms with van der Waals surface area (Å²) >= 11 is 0. The molecule has 0 amide bonds. The first-order valence-electron chi connectivity index (χ1n) is 3.84. The largest absolute Gasteiger partial charge is 0.393 e. The molecular formula is C8H16O. The minimum absolute atomic E-state index is 0.0440. The van der Waals surface area contributed by atoms with Crippen molar-refractivity contribution in [2.45, 2.75) is 45.6 Å². The minimum Gasteiger partial charge on any atom is -0.393 e. The maximum Gasteiger partial charge on any atom is 0.0542 e.